The number of nitrogens with zero attached hydrogens (tertiary/aromatic N) is 2. The number of urea groups is 2. The molecule has 4 aromatic carbocycles. The van der Waals surface area contributed by atoms with Crippen molar-refractivity contribution in [2.75, 3.05) is 144 Å². The Morgan fingerprint density at radius 2 is 0.860 bits per heavy atom. The molecular formula is C58H80Cl4N10O12S2. The second-order valence-electron chi connectivity index (χ2n) is 21.3. The summed E-state index contributed by atoms with van der Waals surface area (Å²) >= 11 is 26.1. The third-order valence-electron chi connectivity index (χ3n) is 15.3. The van der Waals surface area contributed by atoms with Crippen molar-refractivity contribution in [2.24, 2.45) is 0 Å². The van der Waals surface area contributed by atoms with Gasteiger partial charge in [0.1, 0.15) is 23.7 Å². The number of nitrogens with one attached hydrogen (secondary N) is 8. The first kappa shape index (κ1) is 67.6. The third kappa shape index (κ3) is 19.6. The second kappa shape index (κ2) is 33.5. The number of hydrogen-bond donors (Lipinski definition) is 8. The van der Waals surface area contributed by atoms with E-state index in [2.05, 4.69) is 51.1 Å². The summed E-state index contributed by atoms with van der Waals surface area (Å²) in [6.45, 7) is 14.0. The van der Waals surface area contributed by atoms with Crippen LogP contribution in [0.25, 0.3) is 0 Å². The number of aryl methyl sites for hydroxylation is 2. The van der Waals surface area contributed by atoms with Crippen molar-refractivity contribution < 1.29 is 54.8 Å². The van der Waals surface area contributed by atoms with E-state index in [0.717, 1.165) is 87.5 Å². The highest BCUT2D eigenvalue weighted by molar-refractivity contribution is 7.89. The molecule has 0 radical (unpaired) electrons. The van der Waals surface area contributed by atoms with Gasteiger partial charge >= 0.3 is 12.1 Å². The molecular weight excluding hydrogens is 1230 g/mol. The molecule has 4 aliphatic rings. The second-order valence-corrected chi connectivity index (χ2v) is 26.5. The Labute approximate surface area is 525 Å². The van der Waals surface area contributed by atoms with E-state index in [1.165, 1.54) is 12.1 Å². The largest absolute Gasteiger partial charge is 0.484 e. The molecule has 2 aliphatic heterocycles. The van der Waals surface area contributed by atoms with Crippen LogP contribution in [0.1, 0.15) is 58.4 Å². The van der Waals surface area contributed by atoms with Gasteiger partial charge in [0.05, 0.1) is 74.7 Å². The van der Waals surface area contributed by atoms with Crippen LogP contribution in [0.2, 0.25) is 20.1 Å². The number of halogens is 4. The predicted molar refractivity (Wildman–Crippen MR) is 332 cm³/mol. The van der Waals surface area contributed by atoms with Crippen LogP contribution in [0.15, 0.2) is 70.5 Å². The SMILES string of the molecule is Cc1cc(S(=O)(=O)NCCOCCOCCNC(=O)NCCCCNC(=O)NCCOCCOCCNS(=O)(=O)c2ccc(O[C@H]3c4cc(Cl)cc(Cl)c4C[C@@H]3N3CCNCC3)c(C)c2)ccc1O[C@H]1c2cc(Cl)cc(Cl)c2C[C@@H]1N1CCNCC1. The van der Waals surface area contributed by atoms with Gasteiger partial charge < -0.3 is 60.3 Å². The minimum Gasteiger partial charge on any atom is -0.484 e. The molecule has 2 saturated heterocycles. The fourth-order valence-corrected chi connectivity index (χ4v) is 14.2. The van der Waals surface area contributed by atoms with Crippen molar-refractivity contribution in [3.8, 4) is 11.5 Å². The van der Waals surface area contributed by atoms with Crippen LogP contribution in [-0.2, 0) is 51.8 Å². The lowest BCUT2D eigenvalue weighted by atomic mass is 10.1. The number of unbranched alkanes of at least 4 members (excludes halogenated alkanes) is 1. The number of fused-ring (bicyclic) bond motifs is 2. The summed E-state index contributed by atoms with van der Waals surface area (Å²) in [5.41, 5.74) is 5.30. The molecule has 0 saturated carbocycles. The summed E-state index contributed by atoms with van der Waals surface area (Å²) in [4.78, 5) is 29.4. The normalized spacial score (nSPS) is 19.0. The Kier molecular flexibility index (Phi) is 26.3. The highest BCUT2D eigenvalue weighted by Gasteiger charge is 2.42. The number of benzene rings is 4. The van der Waals surface area contributed by atoms with Crippen LogP contribution in [0.3, 0.4) is 0 Å². The molecule has 2 aliphatic carbocycles. The zero-order valence-electron chi connectivity index (χ0n) is 48.6. The van der Waals surface area contributed by atoms with E-state index in [4.69, 9.17) is 74.8 Å². The minimum atomic E-state index is -3.82. The summed E-state index contributed by atoms with van der Waals surface area (Å²) in [6.07, 6.45) is 2.11. The smallest absolute Gasteiger partial charge is 0.314 e. The molecule has 4 aromatic rings. The summed E-state index contributed by atoms with van der Waals surface area (Å²) in [5.74, 6) is 1.16. The Morgan fingerprint density at radius 3 is 1.23 bits per heavy atom. The fraction of sp³-hybridized carbons (Fsp3) is 0.552. The molecule has 0 unspecified atom stereocenters. The molecule has 0 spiro atoms. The number of ether oxygens (including phenoxy) is 6. The molecule has 22 nitrogen and oxygen atoms in total. The zero-order chi connectivity index (χ0) is 61.1. The number of hydrogen-bond acceptors (Lipinski definition) is 16. The van der Waals surface area contributed by atoms with E-state index < -0.39 is 20.0 Å². The Bertz CT molecular complexity index is 2920. The van der Waals surface area contributed by atoms with Gasteiger partial charge in [-0.3, -0.25) is 9.80 Å². The maximum Gasteiger partial charge on any atom is 0.314 e. The van der Waals surface area contributed by atoms with Gasteiger partial charge in [0.2, 0.25) is 20.0 Å². The quantitative estimate of drug-likeness (QED) is 0.0273. The minimum absolute atomic E-state index is 0.0560. The number of amides is 4. The Morgan fingerprint density at radius 1 is 0.500 bits per heavy atom. The van der Waals surface area contributed by atoms with Crippen LogP contribution in [-0.4, -0.2) is 195 Å². The molecule has 8 rings (SSSR count). The average Bonchev–Trinajstić information content (AvgIpc) is 2.05. The highest BCUT2D eigenvalue weighted by Crippen LogP contribution is 2.45. The van der Waals surface area contributed by atoms with Gasteiger partial charge in [-0.25, -0.2) is 35.9 Å². The van der Waals surface area contributed by atoms with Crippen molar-refractivity contribution in [3.05, 3.63) is 114 Å². The maximum atomic E-state index is 13.2. The zero-order valence-corrected chi connectivity index (χ0v) is 53.2. The van der Waals surface area contributed by atoms with Crippen molar-refractivity contribution in [2.45, 2.75) is 73.6 Å². The molecule has 474 valence electrons. The fourth-order valence-electron chi connectivity index (χ4n) is 10.9. The van der Waals surface area contributed by atoms with Crippen molar-refractivity contribution in [1.29, 1.82) is 0 Å². The summed E-state index contributed by atoms with van der Waals surface area (Å²) in [7, 11) is -7.65. The standard InChI is InChI=1S/C58H80Cl4N10O12S2/c1-39-31-43(5-7-53(39)83-55-47-33-41(59)35-49(61)45(47)37-51(55)71-19-11-63-12-20-71)85(75,76)69-17-25-81-29-27-79-23-15-67-57(73)65-9-3-4-10-66-58(74)68-16-24-80-28-30-82-26-18-70-86(77,78)44-6-8-54(40(2)32-44)84-56-48-34-42(60)36-50(62)46(48)38-52(56)72-21-13-64-14-22-72/h5-8,31-36,51-52,55-56,63-64,69-70H,3-4,9-30,37-38H2,1-2H3,(H2,65,67,73)(H2,66,68,74)/t51-,52-,55-,56-/m0/s1. The Balaban J connectivity index is 0.587. The molecule has 4 atom stereocenters. The van der Waals surface area contributed by atoms with Gasteiger partial charge in [-0.2, -0.15) is 0 Å². The maximum absolute atomic E-state index is 13.2. The van der Waals surface area contributed by atoms with E-state index in [1.54, 1.807) is 36.4 Å². The number of carbonyl (C=O) groups is 2. The molecule has 0 bridgehead atoms. The van der Waals surface area contributed by atoms with Gasteiger partial charge in [-0.05, 0) is 122 Å². The molecule has 86 heavy (non-hydrogen) atoms. The van der Waals surface area contributed by atoms with E-state index in [1.807, 2.05) is 26.0 Å². The number of carbonyl (C=O) groups excluding carboxylic acids is 2. The average molecular weight is 1320 g/mol. The number of piperazine rings is 2. The van der Waals surface area contributed by atoms with E-state index in [9.17, 15) is 26.4 Å². The first-order chi connectivity index (χ1) is 41.5. The number of sulfonamides is 2. The molecule has 2 heterocycles. The van der Waals surface area contributed by atoms with Crippen molar-refractivity contribution in [1.82, 2.24) is 51.1 Å². The third-order valence-corrected chi connectivity index (χ3v) is 19.3. The lowest BCUT2D eigenvalue weighted by Gasteiger charge is -2.36. The van der Waals surface area contributed by atoms with Crippen LogP contribution in [0.4, 0.5) is 9.59 Å². The van der Waals surface area contributed by atoms with Gasteiger partial charge in [-0.1, -0.05) is 46.4 Å². The lowest BCUT2D eigenvalue weighted by molar-refractivity contribution is 0.0516. The van der Waals surface area contributed by atoms with Crippen molar-refractivity contribution in [3.63, 3.8) is 0 Å². The molecule has 0 aromatic heterocycles. The topological polar surface area (TPSA) is 261 Å². The van der Waals surface area contributed by atoms with Crippen LogP contribution < -0.4 is 50.8 Å². The lowest BCUT2D eigenvalue weighted by Crippen LogP contribution is -2.50. The first-order valence-electron chi connectivity index (χ1n) is 29.2. The highest BCUT2D eigenvalue weighted by atomic mass is 35.5. The van der Waals surface area contributed by atoms with E-state index >= 15 is 0 Å². The van der Waals surface area contributed by atoms with Gasteiger partial charge in [0.15, 0.2) is 0 Å². The van der Waals surface area contributed by atoms with Gasteiger partial charge in [0.25, 0.3) is 0 Å². The number of rotatable bonds is 33. The predicted octanol–water partition coefficient (Wildman–Crippen LogP) is 5.52. The van der Waals surface area contributed by atoms with Crippen LogP contribution in [0.5, 0.6) is 11.5 Å². The van der Waals surface area contributed by atoms with Crippen LogP contribution in [0, 0.1) is 13.8 Å². The van der Waals surface area contributed by atoms with Gasteiger partial charge in [-0.15, -0.1) is 0 Å². The first-order valence-corrected chi connectivity index (χ1v) is 33.7. The molecule has 28 heteroatoms. The Hall–Kier alpha value is -4.32. The molecule has 2 fully saturated rings. The summed E-state index contributed by atoms with van der Waals surface area (Å²) < 4.78 is 93.3. The molecule has 8 N–H and O–H groups in total. The van der Waals surface area contributed by atoms with E-state index in [0.29, 0.717) is 68.6 Å². The summed E-state index contributed by atoms with van der Waals surface area (Å²) in [5, 5.41) is 20.1. The van der Waals surface area contributed by atoms with Gasteiger partial charge in [0, 0.05) is 123 Å². The van der Waals surface area contributed by atoms with Crippen molar-refractivity contribution >= 4 is 78.5 Å². The molecule has 4 amide bonds. The van der Waals surface area contributed by atoms with Crippen LogP contribution >= 0.6 is 46.4 Å². The van der Waals surface area contributed by atoms with E-state index in [-0.39, 0.29) is 125 Å². The summed E-state index contributed by atoms with van der Waals surface area (Å²) in [6, 6.07) is 16.4. The monoisotopic (exact) mass is 1310 g/mol.